The first-order valence-electron chi connectivity index (χ1n) is 11.3. The van der Waals surface area contributed by atoms with Gasteiger partial charge < -0.3 is 24.6 Å². The van der Waals surface area contributed by atoms with E-state index < -0.39 is 17.7 Å². The molecule has 1 aliphatic rings. The van der Waals surface area contributed by atoms with E-state index in [-0.39, 0.29) is 23.6 Å². The molecule has 1 aliphatic heterocycles. The maximum absolute atomic E-state index is 13.0. The smallest absolute Gasteiger partial charge is 0.295 e. The van der Waals surface area contributed by atoms with Crippen molar-refractivity contribution in [2.24, 2.45) is 0 Å². The van der Waals surface area contributed by atoms with Crippen LogP contribution in [0.3, 0.4) is 0 Å². The van der Waals surface area contributed by atoms with Gasteiger partial charge in [-0.1, -0.05) is 31.9 Å². The van der Waals surface area contributed by atoms with Gasteiger partial charge in [0.1, 0.15) is 17.3 Å². The number of phenols is 1. The fourth-order valence-corrected chi connectivity index (χ4v) is 3.94. The van der Waals surface area contributed by atoms with Crippen LogP contribution in [0.1, 0.15) is 49.8 Å². The van der Waals surface area contributed by atoms with Gasteiger partial charge in [-0.05, 0) is 54.8 Å². The average Bonchev–Trinajstić information content (AvgIpc) is 3.07. The summed E-state index contributed by atoms with van der Waals surface area (Å²) in [4.78, 5) is 27.2. The highest BCUT2D eigenvalue weighted by molar-refractivity contribution is 6.46. The number of benzene rings is 2. The van der Waals surface area contributed by atoms with E-state index in [1.165, 1.54) is 17.0 Å². The van der Waals surface area contributed by atoms with Crippen molar-refractivity contribution < 1.29 is 29.3 Å². The third-order valence-corrected chi connectivity index (χ3v) is 5.62. The number of ketones is 1. The van der Waals surface area contributed by atoms with Crippen LogP contribution in [0.2, 0.25) is 0 Å². The van der Waals surface area contributed by atoms with Gasteiger partial charge in [0, 0.05) is 25.8 Å². The van der Waals surface area contributed by atoms with Crippen molar-refractivity contribution in [3.8, 4) is 11.5 Å². The van der Waals surface area contributed by atoms with Crippen molar-refractivity contribution in [3.63, 3.8) is 0 Å². The first-order chi connectivity index (χ1) is 16.0. The topological polar surface area (TPSA) is 96.3 Å². The number of hydrogen-bond acceptors (Lipinski definition) is 6. The number of aliphatic hydroxyl groups excluding tert-OH is 1. The number of hydrogen-bond donors (Lipinski definition) is 2. The number of phenolic OH excluding ortho intramolecular Hbond substituents is 1. The maximum atomic E-state index is 13.0. The summed E-state index contributed by atoms with van der Waals surface area (Å²) in [5.41, 5.74) is 0.958. The molecule has 33 heavy (non-hydrogen) atoms. The third kappa shape index (κ3) is 5.73. The minimum atomic E-state index is -0.807. The second-order valence-electron chi connectivity index (χ2n) is 8.01. The molecule has 1 saturated heterocycles. The number of unbranched alkanes of at least 4 members (excludes halogenated alkanes) is 2. The van der Waals surface area contributed by atoms with Crippen molar-refractivity contribution in [1.29, 1.82) is 0 Å². The molecule has 2 N–H and O–H groups in total. The van der Waals surface area contributed by atoms with Gasteiger partial charge in [0.05, 0.1) is 18.2 Å². The number of aliphatic hydroxyl groups is 1. The normalized spacial score (nSPS) is 17.5. The fraction of sp³-hybridized carbons (Fsp3) is 0.385. The number of carbonyl (C=O) groups excluding carboxylic acids is 2. The van der Waals surface area contributed by atoms with Gasteiger partial charge in [-0.25, -0.2) is 0 Å². The van der Waals surface area contributed by atoms with Crippen molar-refractivity contribution >= 4 is 17.4 Å². The highest BCUT2D eigenvalue weighted by Crippen LogP contribution is 2.40. The van der Waals surface area contributed by atoms with Crippen molar-refractivity contribution in [2.45, 2.75) is 38.6 Å². The summed E-state index contributed by atoms with van der Waals surface area (Å²) in [5, 5.41) is 21.1. The number of Topliss-reactive ketones (excluding diaryl/α,β-unsaturated/α-hetero) is 1. The largest absolute Gasteiger partial charge is 0.508 e. The van der Waals surface area contributed by atoms with Crippen molar-refractivity contribution in [1.82, 2.24) is 4.90 Å². The zero-order valence-electron chi connectivity index (χ0n) is 19.1. The molecule has 176 valence electrons. The average molecular weight is 454 g/mol. The van der Waals surface area contributed by atoms with E-state index in [0.29, 0.717) is 36.5 Å². The Labute approximate surface area is 194 Å². The Morgan fingerprint density at radius 3 is 2.45 bits per heavy atom. The summed E-state index contributed by atoms with van der Waals surface area (Å²) in [5.74, 6) is -1.00. The van der Waals surface area contributed by atoms with Gasteiger partial charge in [-0.3, -0.25) is 9.59 Å². The SMILES string of the molecule is CCCCCOc1ccc(/C(O)=C2/C(=O)C(=O)N(CCCOC)C2c2cccc(O)c2)cc1. The molecule has 1 amide bonds. The zero-order valence-corrected chi connectivity index (χ0v) is 19.1. The molecule has 3 rings (SSSR count). The molecule has 0 radical (unpaired) electrons. The van der Waals surface area contributed by atoms with E-state index in [9.17, 15) is 19.8 Å². The van der Waals surface area contributed by atoms with E-state index in [0.717, 1.165) is 19.3 Å². The highest BCUT2D eigenvalue weighted by Gasteiger charge is 2.45. The molecule has 0 aliphatic carbocycles. The molecule has 1 heterocycles. The Balaban J connectivity index is 1.94. The number of aromatic hydroxyl groups is 1. The monoisotopic (exact) mass is 453 g/mol. The van der Waals surface area contributed by atoms with E-state index in [1.54, 1.807) is 43.5 Å². The third-order valence-electron chi connectivity index (χ3n) is 5.62. The van der Waals surface area contributed by atoms with Crippen LogP contribution in [-0.4, -0.2) is 53.7 Å². The van der Waals surface area contributed by atoms with Crippen LogP contribution in [0.25, 0.3) is 5.76 Å². The minimum absolute atomic E-state index is 0.000342. The molecular formula is C26H31NO6. The zero-order chi connectivity index (χ0) is 23.8. The summed E-state index contributed by atoms with van der Waals surface area (Å²) < 4.78 is 10.8. The van der Waals surface area contributed by atoms with Gasteiger partial charge in [0.15, 0.2) is 0 Å². The molecule has 7 heteroatoms. The number of rotatable bonds is 11. The lowest BCUT2D eigenvalue weighted by atomic mass is 9.95. The Morgan fingerprint density at radius 1 is 1.03 bits per heavy atom. The molecule has 2 aromatic carbocycles. The molecule has 1 atom stereocenters. The predicted octanol–water partition coefficient (Wildman–Crippen LogP) is 4.42. The van der Waals surface area contributed by atoms with Gasteiger partial charge >= 0.3 is 0 Å². The minimum Gasteiger partial charge on any atom is -0.508 e. The summed E-state index contributed by atoms with van der Waals surface area (Å²) in [6.45, 7) is 3.45. The fourth-order valence-electron chi connectivity index (χ4n) is 3.94. The van der Waals surface area contributed by atoms with Crippen molar-refractivity contribution in [2.75, 3.05) is 26.9 Å². The number of nitrogens with zero attached hydrogens (tertiary/aromatic N) is 1. The number of likely N-dealkylation sites (tertiary alicyclic amines) is 1. The second-order valence-corrected chi connectivity index (χ2v) is 8.01. The summed E-state index contributed by atoms with van der Waals surface area (Å²) in [6, 6.07) is 12.4. The Bertz CT molecular complexity index is 998. The van der Waals surface area contributed by atoms with Gasteiger partial charge in [-0.15, -0.1) is 0 Å². The van der Waals surface area contributed by atoms with Crippen LogP contribution in [0.5, 0.6) is 11.5 Å². The molecular weight excluding hydrogens is 422 g/mol. The molecule has 0 bridgehead atoms. The lowest BCUT2D eigenvalue weighted by Gasteiger charge is -2.25. The number of methoxy groups -OCH3 is 1. The number of amides is 1. The molecule has 0 spiro atoms. The first kappa shape index (κ1) is 24.3. The maximum Gasteiger partial charge on any atom is 0.295 e. The van der Waals surface area contributed by atoms with Gasteiger partial charge in [-0.2, -0.15) is 0 Å². The van der Waals surface area contributed by atoms with Crippen LogP contribution in [-0.2, 0) is 14.3 Å². The van der Waals surface area contributed by atoms with Crippen LogP contribution >= 0.6 is 0 Å². The molecule has 2 aromatic rings. The van der Waals surface area contributed by atoms with Gasteiger partial charge in [0.2, 0.25) is 0 Å². The van der Waals surface area contributed by atoms with Gasteiger partial charge in [0.25, 0.3) is 11.7 Å². The Hall–Kier alpha value is -3.32. The second kappa shape index (κ2) is 11.5. The Kier molecular flexibility index (Phi) is 8.49. The predicted molar refractivity (Wildman–Crippen MR) is 125 cm³/mol. The first-order valence-corrected chi connectivity index (χ1v) is 11.3. The molecule has 1 unspecified atom stereocenters. The van der Waals surface area contributed by atoms with Crippen molar-refractivity contribution in [3.05, 3.63) is 65.2 Å². The van der Waals surface area contributed by atoms with Crippen LogP contribution in [0, 0.1) is 0 Å². The quantitative estimate of drug-likeness (QED) is 0.226. The summed E-state index contributed by atoms with van der Waals surface area (Å²) in [7, 11) is 1.57. The molecule has 7 nitrogen and oxygen atoms in total. The standard InChI is InChI=1S/C26H31NO6/c1-3-4-5-16-33-21-12-10-18(11-13-21)24(29)22-23(19-8-6-9-20(28)17-19)27(14-7-15-32-2)26(31)25(22)30/h6,8-13,17,23,28-29H,3-5,7,14-16H2,1-2H3/b24-22-. The van der Waals surface area contributed by atoms with E-state index in [1.807, 2.05) is 0 Å². The highest BCUT2D eigenvalue weighted by atomic mass is 16.5. The van der Waals surface area contributed by atoms with Crippen LogP contribution < -0.4 is 4.74 Å². The van der Waals surface area contributed by atoms with E-state index in [2.05, 4.69) is 6.92 Å². The summed E-state index contributed by atoms with van der Waals surface area (Å²) >= 11 is 0. The molecule has 1 fully saturated rings. The van der Waals surface area contributed by atoms with Crippen LogP contribution in [0.15, 0.2) is 54.1 Å². The summed E-state index contributed by atoms with van der Waals surface area (Å²) in [6.07, 6.45) is 3.70. The lowest BCUT2D eigenvalue weighted by Crippen LogP contribution is -2.31. The van der Waals surface area contributed by atoms with E-state index >= 15 is 0 Å². The van der Waals surface area contributed by atoms with E-state index in [4.69, 9.17) is 9.47 Å². The number of carbonyl (C=O) groups is 2. The lowest BCUT2D eigenvalue weighted by molar-refractivity contribution is -0.140. The molecule has 0 saturated carbocycles. The number of ether oxygens (including phenoxy) is 2. The Morgan fingerprint density at radius 2 is 1.79 bits per heavy atom. The molecule has 0 aromatic heterocycles. The van der Waals surface area contributed by atoms with Crippen LogP contribution in [0.4, 0.5) is 0 Å².